The standard InChI is InChI=1S/C19H29ClO2/c1-17-8-5-13(21)11-12(17)3-4-14-15(17)6-9-18(2)16(14)7-10-19(18,20)22/h3,13-16,21-22H,4-11H2,1-2H3/t13?,14-,15-,16+,17+,18+,19?/m1/s1. The Hall–Kier alpha value is -0.0500. The van der Waals surface area contributed by atoms with E-state index < -0.39 is 5.06 Å². The Balaban J connectivity index is 1.69. The molecule has 0 aromatic heterocycles. The first-order valence-corrected chi connectivity index (χ1v) is 9.45. The van der Waals surface area contributed by atoms with Gasteiger partial charge in [-0.3, -0.25) is 0 Å². The molecule has 2 N–H and O–H groups in total. The van der Waals surface area contributed by atoms with Crippen LogP contribution in [0.15, 0.2) is 11.6 Å². The van der Waals surface area contributed by atoms with E-state index in [-0.39, 0.29) is 16.9 Å². The van der Waals surface area contributed by atoms with Crippen molar-refractivity contribution in [1.82, 2.24) is 0 Å². The van der Waals surface area contributed by atoms with E-state index in [1.54, 1.807) is 0 Å². The summed E-state index contributed by atoms with van der Waals surface area (Å²) in [5.41, 5.74) is 1.66. The number of halogens is 1. The van der Waals surface area contributed by atoms with E-state index in [0.29, 0.717) is 17.8 Å². The molecule has 124 valence electrons. The molecule has 2 unspecified atom stereocenters. The first-order valence-electron chi connectivity index (χ1n) is 9.07. The lowest BCUT2D eigenvalue weighted by atomic mass is 9.48. The zero-order valence-electron chi connectivity index (χ0n) is 13.8. The third-order valence-electron chi connectivity index (χ3n) is 8.13. The molecule has 4 rings (SSSR count). The summed E-state index contributed by atoms with van der Waals surface area (Å²) in [6.07, 6.45) is 10.4. The van der Waals surface area contributed by atoms with Gasteiger partial charge >= 0.3 is 0 Å². The van der Waals surface area contributed by atoms with Crippen molar-refractivity contribution in [2.24, 2.45) is 28.6 Å². The van der Waals surface area contributed by atoms with E-state index in [9.17, 15) is 10.2 Å². The Kier molecular flexibility index (Phi) is 3.33. The predicted molar refractivity (Wildman–Crippen MR) is 88.5 cm³/mol. The summed E-state index contributed by atoms with van der Waals surface area (Å²) in [4.78, 5) is 0. The van der Waals surface area contributed by atoms with Crippen LogP contribution in [0.4, 0.5) is 0 Å². The maximum atomic E-state index is 10.7. The number of fused-ring (bicyclic) bond motifs is 5. The smallest absolute Gasteiger partial charge is 0.144 e. The highest BCUT2D eigenvalue weighted by Gasteiger charge is 2.63. The van der Waals surface area contributed by atoms with Crippen LogP contribution >= 0.6 is 11.6 Å². The average molecular weight is 325 g/mol. The quantitative estimate of drug-likeness (QED) is 0.517. The molecule has 0 aromatic carbocycles. The molecule has 0 heterocycles. The van der Waals surface area contributed by atoms with Crippen molar-refractivity contribution in [3.63, 3.8) is 0 Å². The zero-order valence-corrected chi connectivity index (χ0v) is 14.6. The van der Waals surface area contributed by atoms with Crippen molar-refractivity contribution >= 4 is 11.6 Å². The molecular formula is C19H29ClO2. The van der Waals surface area contributed by atoms with Gasteiger partial charge in [0.15, 0.2) is 0 Å². The second-order valence-corrected chi connectivity index (χ2v) is 9.54. The van der Waals surface area contributed by atoms with Crippen molar-refractivity contribution in [3.8, 4) is 0 Å². The van der Waals surface area contributed by atoms with Gasteiger partial charge in [-0.2, -0.15) is 0 Å². The third kappa shape index (κ3) is 1.87. The minimum absolute atomic E-state index is 0.119. The maximum absolute atomic E-state index is 10.7. The van der Waals surface area contributed by atoms with Crippen LogP contribution in [0.1, 0.15) is 65.2 Å². The summed E-state index contributed by atoms with van der Waals surface area (Å²) in [6.45, 7) is 4.66. The van der Waals surface area contributed by atoms with Crippen molar-refractivity contribution in [2.45, 2.75) is 76.4 Å². The van der Waals surface area contributed by atoms with E-state index in [0.717, 1.165) is 44.9 Å². The maximum Gasteiger partial charge on any atom is 0.144 e. The number of allylic oxidation sites excluding steroid dienone is 1. The van der Waals surface area contributed by atoms with Crippen LogP contribution in [0.2, 0.25) is 0 Å². The lowest BCUT2D eigenvalue weighted by Crippen LogP contribution is -2.53. The molecule has 0 amide bonds. The lowest BCUT2D eigenvalue weighted by molar-refractivity contribution is -0.0866. The summed E-state index contributed by atoms with van der Waals surface area (Å²) in [6, 6.07) is 0. The van der Waals surface area contributed by atoms with Gasteiger partial charge in [0.1, 0.15) is 5.06 Å². The normalized spacial score (nSPS) is 57.6. The fraction of sp³-hybridized carbons (Fsp3) is 0.895. The molecule has 7 atom stereocenters. The zero-order chi connectivity index (χ0) is 15.8. The van der Waals surface area contributed by atoms with Gasteiger partial charge in [0.2, 0.25) is 0 Å². The van der Waals surface area contributed by atoms with Gasteiger partial charge in [0.05, 0.1) is 6.10 Å². The molecular weight excluding hydrogens is 296 g/mol. The first kappa shape index (κ1) is 15.5. The van der Waals surface area contributed by atoms with Gasteiger partial charge < -0.3 is 10.2 Å². The molecule has 4 aliphatic rings. The second-order valence-electron chi connectivity index (χ2n) is 8.91. The van der Waals surface area contributed by atoms with Crippen molar-refractivity contribution in [2.75, 3.05) is 0 Å². The van der Waals surface area contributed by atoms with E-state index in [4.69, 9.17) is 11.6 Å². The van der Waals surface area contributed by atoms with Gasteiger partial charge in [-0.1, -0.05) is 37.1 Å². The van der Waals surface area contributed by atoms with Crippen LogP contribution in [0, 0.1) is 28.6 Å². The Morgan fingerprint density at radius 1 is 1.09 bits per heavy atom. The van der Waals surface area contributed by atoms with Crippen LogP contribution in [-0.2, 0) is 0 Å². The number of alkyl halides is 1. The molecule has 3 fully saturated rings. The minimum atomic E-state index is -1.00. The number of rotatable bonds is 0. The highest BCUT2D eigenvalue weighted by Crippen LogP contribution is 2.67. The number of hydrogen-bond acceptors (Lipinski definition) is 2. The second kappa shape index (κ2) is 4.74. The molecule has 3 heteroatoms. The SMILES string of the molecule is C[C@]12CCC(O)CC1=CC[C@@H]1[C@H]2CC[C@@]2(C)[C@H]1CCC2(O)Cl. The summed E-state index contributed by atoms with van der Waals surface area (Å²) >= 11 is 6.51. The van der Waals surface area contributed by atoms with Gasteiger partial charge in [-0.15, -0.1) is 0 Å². The van der Waals surface area contributed by atoms with Crippen LogP contribution in [0.3, 0.4) is 0 Å². The molecule has 4 aliphatic carbocycles. The fourth-order valence-electron chi connectivity index (χ4n) is 6.60. The Bertz CT molecular complexity index is 514. The van der Waals surface area contributed by atoms with E-state index in [1.807, 2.05) is 0 Å². The topological polar surface area (TPSA) is 40.5 Å². The molecule has 0 spiro atoms. The molecule has 22 heavy (non-hydrogen) atoms. The van der Waals surface area contributed by atoms with Crippen LogP contribution in [-0.4, -0.2) is 21.4 Å². The van der Waals surface area contributed by atoms with Crippen LogP contribution in [0.5, 0.6) is 0 Å². The van der Waals surface area contributed by atoms with Crippen molar-refractivity contribution < 1.29 is 10.2 Å². The highest BCUT2D eigenvalue weighted by molar-refractivity contribution is 6.23. The Labute approximate surface area is 138 Å². The van der Waals surface area contributed by atoms with E-state index >= 15 is 0 Å². The first-order chi connectivity index (χ1) is 10.3. The van der Waals surface area contributed by atoms with E-state index in [2.05, 4.69) is 19.9 Å². The third-order valence-corrected chi connectivity index (χ3v) is 8.75. The van der Waals surface area contributed by atoms with Gasteiger partial charge in [0, 0.05) is 5.41 Å². The number of aliphatic hydroxyl groups is 2. The monoisotopic (exact) mass is 324 g/mol. The largest absolute Gasteiger partial charge is 0.393 e. The summed E-state index contributed by atoms with van der Waals surface area (Å²) in [5.74, 6) is 1.93. The molecule has 2 nitrogen and oxygen atoms in total. The van der Waals surface area contributed by atoms with Crippen LogP contribution < -0.4 is 0 Å². The fourth-order valence-corrected chi connectivity index (χ4v) is 6.95. The number of aliphatic hydroxyl groups excluding tert-OH is 1. The lowest BCUT2D eigenvalue weighted by Gasteiger charge is -2.58. The molecule has 0 radical (unpaired) electrons. The molecule has 0 bridgehead atoms. The Morgan fingerprint density at radius 2 is 1.82 bits per heavy atom. The van der Waals surface area contributed by atoms with Gasteiger partial charge in [-0.05, 0) is 74.5 Å². The van der Waals surface area contributed by atoms with Crippen molar-refractivity contribution in [3.05, 3.63) is 11.6 Å². The van der Waals surface area contributed by atoms with Crippen LogP contribution in [0.25, 0.3) is 0 Å². The summed E-state index contributed by atoms with van der Waals surface area (Å²) in [7, 11) is 0. The van der Waals surface area contributed by atoms with E-state index in [1.165, 1.54) is 12.0 Å². The molecule has 0 saturated heterocycles. The summed E-state index contributed by atoms with van der Waals surface area (Å²) < 4.78 is 0. The Morgan fingerprint density at radius 3 is 2.59 bits per heavy atom. The number of hydrogen-bond donors (Lipinski definition) is 2. The highest BCUT2D eigenvalue weighted by atomic mass is 35.5. The minimum Gasteiger partial charge on any atom is -0.393 e. The molecule has 0 aliphatic heterocycles. The molecule has 3 saturated carbocycles. The summed E-state index contributed by atoms with van der Waals surface area (Å²) in [5, 5.41) is 19.7. The van der Waals surface area contributed by atoms with Gasteiger partial charge in [-0.25, -0.2) is 0 Å². The average Bonchev–Trinajstić information content (AvgIpc) is 2.70. The van der Waals surface area contributed by atoms with Gasteiger partial charge in [0.25, 0.3) is 0 Å². The van der Waals surface area contributed by atoms with Crippen molar-refractivity contribution in [1.29, 1.82) is 0 Å². The predicted octanol–water partition coefficient (Wildman–Crippen LogP) is 4.24. The molecule has 0 aromatic rings.